The second-order valence-corrected chi connectivity index (χ2v) is 20.1. The maximum absolute atomic E-state index is 13.6. The fraction of sp³-hybridized carbons (Fsp3) is 0.464. The second kappa shape index (κ2) is 18.3. The van der Waals surface area contributed by atoms with Crippen molar-refractivity contribution in [2.45, 2.75) is 100 Å². The number of carbonyl (C=O) groups is 2. The van der Waals surface area contributed by atoms with Crippen LogP contribution in [0.25, 0.3) is 17.2 Å². The van der Waals surface area contributed by atoms with Gasteiger partial charge < -0.3 is 49.4 Å². The number of rotatable bonds is 14. The molecule has 2 fully saturated rings. The van der Waals surface area contributed by atoms with Crippen LogP contribution in [0.15, 0.2) is 66.8 Å². The number of methoxy groups -OCH3 is 2. The molecule has 7 unspecified atom stereocenters. The average Bonchev–Trinajstić information content (AvgIpc) is 3.73. The molecule has 4 aromatic carbocycles. The third kappa shape index (κ3) is 7.10. The summed E-state index contributed by atoms with van der Waals surface area (Å²) in [7, 11) is 3.11. The molecule has 14 heteroatoms. The number of benzene rings is 4. The summed E-state index contributed by atoms with van der Waals surface area (Å²) in [5.74, 6) is 0.0441. The zero-order valence-corrected chi connectivity index (χ0v) is 40.1. The van der Waals surface area contributed by atoms with Gasteiger partial charge in [-0.1, -0.05) is 69.0 Å². The van der Waals surface area contributed by atoms with E-state index in [0.717, 1.165) is 84.7 Å². The third-order valence-corrected chi connectivity index (χ3v) is 17.0. The van der Waals surface area contributed by atoms with Crippen LogP contribution in [-0.2, 0) is 27.8 Å². The first-order valence-electron chi connectivity index (χ1n) is 25.1. The summed E-state index contributed by atoms with van der Waals surface area (Å²) in [6.07, 6.45) is 13.1. The van der Waals surface area contributed by atoms with Crippen molar-refractivity contribution in [3.05, 3.63) is 106 Å². The van der Waals surface area contributed by atoms with Gasteiger partial charge in [0.25, 0.3) is 11.8 Å². The van der Waals surface area contributed by atoms with Crippen LogP contribution in [0.1, 0.15) is 115 Å². The van der Waals surface area contributed by atoms with Crippen LogP contribution in [0.5, 0.6) is 34.5 Å². The number of aromatic hydroxyl groups is 1. The fourth-order valence-corrected chi connectivity index (χ4v) is 14.0. The number of aliphatic hydroxyl groups excluding tert-OH is 3. The number of carbonyl (C=O) groups excluding carboxylic acids is 2. The first kappa shape index (κ1) is 46.3. The number of phenols is 1. The molecule has 0 bridgehead atoms. The Morgan fingerprint density at radius 2 is 1.61 bits per heavy atom. The molecule has 0 aromatic heterocycles. The third-order valence-electron chi connectivity index (χ3n) is 17.0. The van der Waals surface area contributed by atoms with Gasteiger partial charge in [0.1, 0.15) is 24.0 Å². The molecule has 7 atom stereocenters. The summed E-state index contributed by atoms with van der Waals surface area (Å²) in [6.45, 7) is 2.87. The van der Waals surface area contributed by atoms with Crippen molar-refractivity contribution in [1.82, 2.24) is 10.2 Å². The van der Waals surface area contributed by atoms with Gasteiger partial charge in [0.2, 0.25) is 5.75 Å². The van der Waals surface area contributed by atoms with Gasteiger partial charge in [-0.2, -0.15) is 0 Å². The number of amides is 2. The number of nitrogens with one attached hydrogen (secondary N) is 2. The molecule has 2 saturated carbocycles. The van der Waals surface area contributed by atoms with Crippen LogP contribution in [0.2, 0.25) is 0 Å². The topological polar surface area (TPSA) is 189 Å². The molecule has 7 aliphatic rings. The Hall–Kier alpha value is -6.06. The predicted molar refractivity (Wildman–Crippen MR) is 262 cm³/mol. The van der Waals surface area contributed by atoms with Gasteiger partial charge in [-0.3, -0.25) is 19.8 Å². The van der Waals surface area contributed by atoms with E-state index in [1.807, 2.05) is 31.2 Å². The lowest BCUT2D eigenvalue weighted by atomic mass is 9.47. The zero-order chi connectivity index (χ0) is 48.5. The standard InChI is InChI=1S/C56H63N3O11/c1-4-57-30-70-43-26-41(66-2)34-15-16-35-48-40(58-54(65)51(43)50(34)48)25-42-49(35)52(63)36(29-69-42)32-23-44(67-3)53(64)45(24-32)68-28-33(27-60)56-22-10-13-38(39(56)17-14-31-11-6-7-12-37(31)56)55(20-8-5-9-21-55)59-46(61)18-19-47(59)62/h6-7,11-12,14,17-19,23-26,33,36,38-39,52,54,57-58,60,63-65H,4-5,8-10,13,15-16,20-22,27-30H2,1-3H3. The molecule has 3 aliphatic heterocycles. The first-order valence-corrected chi connectivity index (χ1v) is 25.1. The molecule has 70 heavy (non-hydrogen) atoms. The zero-order valence-electron chi connectivity index (χ0n) is 40.1. The maximum atomic E-state index is 13.6. The first-order chi connectivity index (χ1) is 34.1. The van der Waals surface area contributed by atoms with Crippen molar-refractivity contribution in [1.29, 1.82) is 0 Å². The Balaban J connectivity index is 0.937. The highest BCUT2D eigenvalue weighted by Crippen LogP contribution is 2.61. The summed E-state index contributed by atoms with van der Waals surface area (Å²) in [5, 5.41) is 54.0. The van der Waals surface area contributed by atoms with Crippen molar-refractivity contribution in [2.75, 3.05) is 52.6 Å². The maximum Gasteiger partial charge on any atom is 0.254 e. The van der Waals surface area contributed by atoms with Crippen LogP contribution >= 0.6 is 0 Å². The van der Waals surface area contributed by atoms with Crippen LogP contribution in [0.4, 0.5) is 5.69 Å². The van der Waals surface area contributed by atoms with Gasteiger partial charge in [0, 0.05) is 69.5 Å². The number of anilines is 1. The van der Waals surface area contributed by atoms with Crippen molar-refractivity contribution in [3.8, 4) is 45.6 Å². The van der Waals surface area contributed by atoms with Crippen molar-refractivity contribution in [3.63, 3.8) is 0 Å². The number of ether oxygens (including phenoxy) is 5. The minimum Gasteiger partial charge on any atom is -0.502 e. The van der Waals surface area contributed by atoms with E-state index in [2.05, 4.69) is 34.9 Å². The molecule has 3 heterocycles. The molecule has 0 spiro atoms. The van der Waals surface area contributed by atoms with Crippen LogP contribution in [0.3, 0.4) is 0 Å². The molecular weight excluding hydrogens is 891 g/mol. The number of hydrogen-bond donors (Lipinski definition) is 6. The average molecular weight is 954 g/mol. The number of fused-ring (bicyclic) bond motifs is 5. The van der Waals surface area contributed by atoms with E-state index in [9.17, 15) is 30.0 Å². The van der Waals surface area contributed by atoms with Gasteiger partial charge >= 0.3 is 0 Å². The highest BCUT2D eigenvalue weighted by molar-refractivity contribution is 6.13. The smallest absolute Gasteiger partial charge is 0.254 e. The minimum atomic E-state index is -1.06. The number of hydrogen-bond acceptors (Lipinski definition) is 13. The molecule has 368 valence electrons. The van der Waals surface area contributed by atoms with Gasteiger partial charge in [-0.25, -0.2) is 0 Å². The van der Waals surface area contributed by atoms with Gasteiger partial charge in [-0.05, 0) is 91.3 Å². The Bertz CT molecular complexity index is 2780. The number of phenolic OH excluding ortho intramolecular Hbond substituents is 1. The monoisotopic (exact) mass is 953 g/mol. The molecule has 0 saturated heterocycles. The SMILES string of the molecule is CCNCOc1cc(OC)c2c3c1C(O)Nc1cc4c(c(c1-3)CC2)C(O)C(c1cc(OC)c(O)c(OCC(CO)C23CCCC(C5(N6C(=O)C=CC6=O)CCCCC5)C2C=Cc2ccccc23)c1)CO4. The van der Waals surface area contributed by atoms with E-state index in [0.29, 0.717) is 59.0 Å². The van der Waals surface area contributed by atoms with Crippen LogP contribution < -0.4 is 34.3 Å². The summed E-state index contributed by atoms with van der Waals surface area (Å²) < 4.78 is 31.1. The summed E-state index contributed by atoms with van der Waals surface area (Å²) in [6, 6.07) is 15.4. The summed E-state index contributed by atoms with van der Waals surface area (Å²) in [4.78, 5) is 28.8. The van der Waals surface area contributed by atoms with Gasteiger partial charge in [0.15, 0.2) is 17.7 Å². The Kier molecular flexibility index (Phi) is 12.1. The predicted octanol–water partition coefficient (Wildman–Crippen LogP) is 7.74. The van der Waals surface area contributed by atoms with Crippen LogP contribution in [-0.4, -0.2) is 90.0 Å². The van der Waals surface area contributed by atoms with E-state index in [4.69, 9.17) is 23.7 Å². The lowest BCUT2D eigenvalue weighted by Crippen LogP contribution is -2.64. The molecular formula is C56H63N3O11. The molecule has 4 aliphatic carbocycles. The number of aliphatic hydroxyl groups is 3. The number of imide groups is 1. The number of nitrogens with zero attached hydrogens (tertiary/aromatic N) is 1. The van der Waals surface area contributed by atoms with Gasteiger partial charge in [0.05, 0.1) is 51.2 Å². The van der Waals surface area contributed by atoms with E-state index >= 15 is 0 Å². The minimum absolute atomic E-state index is 0.0330. The molecule has 2 amide bonds. The summed E-state index contributed by atoms with van der Waals surface area (Å²) >= 11 is 0. The molecule has 11 rings (SSSR count). The molecule has 14 nitrogen and oxygen atoms in total. The highest BCUT2D eigenvalue weighted by Gasteiger charge is 2.60. The lowest BCUT2D eigenvalue weighted by molar-refractivity contribution is -0.153. The molecule has 6 N–H and O–H groups in total. The Morgan fingerprint density at radius 3 is 2.37 bits per heavy atom. The largest absolute Gasteiger partial charge is 0.502 e. The van der Waals surface area contributed by atoms with E-state index in [-0.39, 0.29) is 67.5 Å². The van der Waals surface area contributed by atoms with E-state index in [1.165, 1.54) is 19.3 Å². The fourth-order valence-electron chi connectivity index (χ4n) is 14.0. The lowest BCUT2D eigenvalue weighted by Gasteiger charge is -2.60. The number of allylic oxidation sites excluding steroid dienone is 1. The van der Waals surface area contributed by atoms with Crippen molar-refractivity contribution in [2.24, 2.45) is 17.8 Å². The van der Waals surface area contributed by atoms with Crippen LogP contribution in [0, 0.1) is 17.8 Å². The highest BCUT2D eigenvalue weighted by atomic mass is 16.5. The quantitative estimate of drug-likeness (QED) is 0.0410. The van der Waals surface area contributed by atoms with Crippen molar-refractivity contribution >= 4 is 23.6 Å². The normalized spacial score (nSPS) is 26.0. The van der Waals surface area contributed by atoms with E-state index < -0.39 is 35.1 Å². The Labute approximate surface area is 408 Å². The molecule has 4 aromatic rings. The summed E-state index contributed by atoms with van der Waals surface area (Å²) in [5.41, 5.74) is 7.03. The van der Waals surface area contributed by atoms with Gasteiger partial charge in [-0.15, -0.1) is 0 Å². The van der Waals surface area contributed by atoms with Crippen molar-refractivity contribution < 1.29 is 53.7 Å². The molecule has 0 radical (unpaired) electrons. The Morgan fingerprint density at radius 1 is 0.857 bits per heavy atom. The second-order valence-electron chi connectivity index (χ2n) is 20.1. The van der Waals surface area contributed by atoms with E-state index in [1.54, 1.807) is 24.1 Å².